The molecule has 0 aliphatic rings. The van der Waals surface area contributed by atoms with Crippen LogP contribution in [-0.2, 0) is 11.2 Å². The Balaban J connectivity index is 2.10. The van der Waals surface area contributed by atoms with Gasteiger partial charge in [-0.25, -0.2) is 9.97 Å². The molecule has 0 saturated carbocycles. The van der Waals surface area contributed by atoms with E-state index >= 15 is 0 Å². The third kappa shape index (κ3) is 3.12. The number of nitrogens with zero attached hydrogens (tertiary/aromatic N) is 2. The van der Waals surface area contributed by atoms with Gasteiger partial charge in [-0.3, -0.25) is 4.79 Å². The Kier molecular flexibility index (Phi) is 4.43. The monoisotopic (exact) mass is 328 g/mol. The molecular weight excluding hydrogens is 308 g/mol. The van der Waals surface area contributed by atoms with Gasteiger partial charge >= 0.3 is 0 Å². The highest BCUT2D eigenvalue weighted by Crippen LogP contribution is 2.34. The molecule has 23 heavy (non-hydrogen) atoms. The van der Waals surface area contributed by atoms with Crippen molar-refractivity contribution >= 4 is 49.9 Å². The summed E-state index contributed by atoms with van der Waals surface area (Å²) in [6.45, 7) is 4.12. The minimum atomic E-state index is 0.0301. The molecule has 3 N–H and O–H groups in total. The number of hydrogen-bond donors (Lipinski definition) is 2. The van der Waals surface area contributed by atoms with Crippen molar-refractivity contribution in [2.75, 3.05) is 11.1 Å². The van der Waals surface area contributed by atoms with E-state index in [9.17, 15) is 4.79 Å². The van der Waals surface area contributed by atoms with Crippen LogP contribution in [0.2, 0.25) is 0 Å². The molecule has 120 valence electrons. The van der Waals surface area contributed by atoms with Crippen molar-refractivity contribution in [1.29, 1.82) is 0 Å². The zero-order valence-corrected chi connectivity index (χ0v) is 14.2. The van der Waals surface area contributed by atoms with Crippen LogP contribution in [0.4, 0.5) is 11.5 Å². The second-order valence-corrected chi connectivity index (χ2v) is 6.65. The fourth-order valence-electron chi connectivity index (χ4n) is 2.57. The molecule has 0 radical (unpaired) electrons. The average Bonchev–Trinajstić information content (AvgIpc) is 2.93. The predicted octanol–water partition coefficient (Wildman–Crippen LogP) is 4.12. The summed E-state index contributed by atoms with van der Waals surface area (Å²) in [6.07, 6.45) is 3.34. The highest BCUT2D eigenvalue weighted by atomic mass is 32.1. The molecule has 0 aliphatic heterocycles. The molecule has 2 heterocycles. The fraction of sp³-hybridized carbons (Fsp3) is 0.353. The number of thiazole rings is 1. The number of fused-ring (bicyclic) bond motifs is 3. The molecule has 1 amide bonds. The zero-order chi connectivity index (χ0) is 16.4. The van der Waals surface area contributed by atoms with Crippen LogP contribution in [0.5, 0.6) is 0 Å². The molecule has 0 atom stereocenters. The maximum absolute atomic E-state index is 11.8. The van der Waals surface area contributed by atoms with Gasteiger partial charge < -0.3 is 11.1 Å². The maximum atomic E-state index is 11.8. The topological polar surface area (TPSA) is 80.9 Å². The summed E-state index contributed by atoms with van der Waals surface area (Å²) in [4.78, 5) is 20.9. The Bertz CT molecular complexity index is 872. The van der Waals surface area contributed by atoms with Gasteiger partial charge in [0.2, 0.25) is 5.91 Å². The van der Waals surface area contributed by atoms with Crippen molar-refractivity contribution in [2.24, 2.45) is 0 Å². The number of amides is 1. The number of pyridine rings is 1. The number of carbonyl (C=O) groups is 1. The molecule has 1 aromatic carbocycles. The molecule has 0 aliphatic carbocycles. The Morgan fingerprint density at radius 1 is 1.26 bits per heavy atom. The molecule has 0 fully saturated rings. The highest BCUT2D eigenvalue weighted by Gasteiger charge is 2.13. The van der Waals surface area contributed by atoms with Gasteiger partial charge in [0, 0.05) is 17.5 Å². The lowest BCUT2D eigenvalue weighted by Crippen LogP contribution is -2.10. The van der Waals surface area contributed by atoms with Crippen molar-refractivity contribution in [3.8, 4) is 0 Å². The van der Waals surface area contributed by atoms with Crippen LogP contribution in [0.15, 0.2) is 18.2 Å². The first kappa shape index (κ1) is 15.7. The van der Waals surface area contributed by atoms with E-state index in [0.29, 0.717) is 12.2 Å². The van der Waals surface area contributed by atoms with Gasteiger partial charge in [-0.2, -0.15) is 0 Å². The van der Waals surface area contributed by atoms with E-state index in [1.165, 1.54) is 0 Å². The first-order valence-electron chi connectivity index (χ1n) is 7.90. The summed E-state index contributed by atoms with van der Waals surface area (Å²) in [5, 5.41) is 4.99. The van der Waals surface area contributed by atoms with E-state index in [2.05, 4.69) is 22.2 Å². The molecule has 0 spiro atoms. The number of rotatable bonds is 5. The molecule has 2 aromatic heterocycles. The van der Waals surface area contributed by atoms with Gasteiger partial charge in [0.1, 0.15) is 5.52 Å². The normalized spacial score (nSPS) is 11.2. The number of nitrogens with one attached hydrogen (secondary N) is 1. The predicted molar refractivity (Wildman–Crippen MR) is 96.9 cm³/mol. The number of benzene rings is 1. The van der Waals surface area contributed by atoms with E-state index in [1.54, 1.807) is 11.3 Å². The van der Waals surface area contributed by atoms with E-state index in [-0.39, 0.29) is 5.91 Å². The smallest absolute Gasteiger partial charge is 0.224 e. The Morgan fingerprint density at radius 2 is 2.09 bits per heavy atom. The van der Waals surface area contributed by atoms with Crippen LogP contribution in [-0.4, -0.2) is 15.9 Å². The summed E-state index contributed by atoms with van der Waals surface area (Å²) < 4.78 is 1.04. The molecular formula is C17H20N4OS. The summed E-state index contributed by atoms with van der Waals surface area (Å²) in [6, 6.07) is 5.72. The number of nitrogens with two attached hydrogens (primary N) is 1. The lowest BCUT2D eigenvalue weighted by molar-refractivity contribution is -0.116. The number of anilines is 2. The molecule has 3 aromatic rings. The lowest BCUT2D eigenvalue weighted by Gasteiger charge is -2.07. The minimum Gasteiger partial charge on any atom is -0.382 e. The van der Waals surface area contributed by atoms with Gasteiger partial charge in [-0.1, -0.05) is 13.8 Å². The number of aryl methyl sites for hydroxylation is 1. The number of nitrogen functional groups attached to an aromatic ring is 1. The van der Waals surface area contributed by atoms with Crippen LogP contribution in [0, 0.1) is 0 Å². The van der Waals surface area contributed by atoms with Crippen molar-refractivity contribution in [3.63, 3.8) is 0 Å². The van der Waals surface area contributed by atoms with Crippen LogP contribution in [0.1, 0.15) is 38.1 Å². The largest absolute Gasteiger partial charge is 0.382 e. The SMILES string of the molecule is CCCC(=O)Nc1ccc2nc(N)c3nc(CCC)sc3c2c1. The van der Waals surface area contributed by atoms with Crippen LogP contribution >= 0.6 is 11.3 Å². The third-order valence-electron chi connectivity index (χ3n) is 3.62. The van der Waals surface area contributed by atoms with Gasteiger partial charge in [0.25, 0.3) is 0 Å². The van der Waals surface area contributed by atoms with E-state index in [0.717, 1.165) is 51.1 Å². The van der Waals surface area contributed by atoms with Crippen molar-refractivity contribution in [1.82, 2.24) is 9.97 Å². The summed E-state index contributed by atoms with van der Waals surface area (Å²) in [5.74, 6) is 0.497. The molecule has 5 nitrogen and oxygen atoms in total. The summed E-state index contributed by atoms with van der Waals surface area (Å²) in [7, 11) is 0. The highest BCUT2D eigenvalue weighted by molar-refractivity contribution is 7.19. The number of aromatic nitrogens is 2. The van der Waals surface area contributed by atoms with Crippen LogP contribution < -0.4 is 11.1 Å². The van der Waals surface area contributed by atoms with Gasteiger partial charge in [-0.05, 0) is 37.5 Å². The average molecular weight is 328 g/mol. The number of hydrogen-bond acceptors (Lipinski definition) is 5. The Morgan fingerprint density at radius 3 is 2.83 bits per heavy atom. The second kappa shape index (κ2) is 6.50. The van der Waals surface area contributed by atoms with Crippen molar-refractivity contribution in [3.05, 3.63) is 23.2 Å². The lowest BCUT2D eigenvalue weighted by atomic mass is 10.2. The zero-order valence-electron chi connectivity index (χ0n) is 13.3. The first-order chi connectivity index (χ1) is 11.1. The van der Waals surface area contributed by atoms with Gasteiger partial charge in [0.15, 0.2) is 5.82 Å². The van der Waals surface area contributed by atoms with Gasteiger partial charge in [-0.15, -0.1) is 11.3 Å². The first-order valence-corrected chi connectivity index (χ1v) is 8.72. The molecule has 6 heteroatoms. The number of carbonyl (C=O) groups excluding carboxylic acids is 1. The van der Waals surface area contributed by atoms with E-state index in [1.807, 2.05) is 25.1 Å². The molecule has 3 rings (SSSR count). The summed E-state index contributed by atoms with van der Waals surface area (Å²) >= 11 is 1.66. The van der Waals surface area contributed by atoms with Crippen molar-refractivity contribution < 1.29 is 4.79 Å². The Labute approximate surface area is 138 Å². The van der Waals surface area contributed by atoms with Crippen LogP contribution in [0.3, 0.4) is 0 Å². The fourth-order valence-corrected chi connectivity index (χ4v) is 3.77. The van der Waals surface area contributed by atoms with E-state index < -0.39 is 0 Å². The quantitative estimate of drug-likeness (QED) is 0.738. The summed E-state index contributed by atoms with van der Waals surface area (Å²) in [5.41, 5.74) is 8.44. The van der Waals surface area contributed by atoms with Crippen molar-refractivity contribution in [2.45, 2.75) is 39.5 Å². The third-order valence-corrected chi connectivity index (χ3v) is 4.77. The van der Waals surface area contributed by atoms with Gasteiger partial charge in [0.05, 0.1) is 15.2 Å². The molecule has 0 bridgehead atoms. The standard InChI is InChI=1S/C17H20N4OS/c1-3-5-13(22)19-10-7-8-12-11(9-10)16-15(17(18)20-12)21-14(23-16)6-4-2/h7-9H,3-6H2,1-2H3,(H2,18,20)(H,19,22). The maximum Gasteiger partial charge on any atom is 0.224 e. The van der Waals surface area contributed by atoms with Crippen LogP contribution in [0.25, 0.3) is 21.1 Å². The molecule has 0 unspecified atom stereocenters. The molecule has 0 saturated heterocycles. The Hall–Kier alpha value is -2.21. The van der Waals surface area contributed by atoms with E-state index in [4.69, 9.17) is 5.73 Å². The second-order valence-electron chi connectivity index (χ2n) is 5.56. The minimum absolute atomic E-state index is 0.0301.